The van der Waals surface area contributed by atoms with Crippen LogP contribution >= 0.6 is 0 Å². The average molecular weight is 473 g/mol. The second-order valence-electron chi connectivity index (χ2n) is 8.23. The number of methoxy groups -OCH3 is 2. The van der Waals surface area contributed by atoms with Crippen LogP contribution in [0.25, 0.3) is 6.08 Å². The number of carbonyl (C=O) groups is 1. The Balaban J connectivity index is 1.73. The van der Waals surface area contributed by atoms with Crippen molar-refractivity contribution in [1.29, 1.82) is 0 Å². The Kier molecular flexibility index (Phi) is 7.49. The fourth-order valence-corrected chi connectivity index (χ4v) is 6.15. The molecule has 0 aromatic heterocycles. The van der Waals surface area contributed by atoms with Gasteiger partial charge in [-0.2, -0.15) is 4.31 Å². The molecule has 8 heteroatoms. The first-order chi connectivity index (χ1) is 15.6. The largest absolute Gasteiger partial charge is 0.493 e. The molecule has 0 saturated carbocycles. The summed E-state index contributed by atoms with van der Waals surface area (Å²) >= 11 is 0. The Labute approximate surface area is 196 Å². The lowest BCUT2D eigenvalue weighted by Gasteiger charge is -2.34. The molecule has 0 N–H and O–H groups in total. The van der Waals surface area contributed by atoms with Gasteiger partial charge >= 0.3 is 0 Å². The summed E-state index contributed by atoms with van der Waals surface area (Å²) in [5, 5.41) is 0. The Morgan fingerprint density at radius 3 is 2.09 bits per heavy atom. The van der Waals surface area contributed by atoms with Crippen molar-refractivity contribution in [2.24, 2.45) is 0 Å². The van der Waals surface area contributed by atoms with E-state index in [-0.39, 0.29) is 19.0 Å². The van der Waals surface area contributed by atoms with Gasteiger partial charge < -0.3 is 14.4 Å². The molecule has 1 amide bonds. The van der Waals surface area contributed by atoms with Crippen molar-refractivity contribution >= 4 is 22.0 Å². The minimum Gasteiger partial charge on any atom is -0.493 e. The number of hydrogen-bond acceptors (Lipinski definition) is 5. The zero-order valence-electron chi connectivity index (χ0n) is 20.1. The molecule has 178 valence electrons. The minimum absolute atomic E-state index is 0.171. The zero-order chi connectivity index (χ0) is 24.3. The van der Waals surface area contributed by atoms with E-state index in [0.29, 0.717) is 29.5 Å². The normalized spacial score (nSPS) is 15.2. The lowest BCUT2D eigenvalue weighted by atomic mass is 10.0. The topological polar surface area (TPSA) is 76.2 Å². The van der Waals surface area contributed by atoms with Gasteiger partial charge in [0, 0.05) is 37.8 Å². The molecule has 0 unspecified atom stereocenters. The Morgan fingerprint density at radius 1 is 0.939 bits per heavy atom. The second kappa shape index (κ2) is 9.97. The Morgan fingerprint density at radius 2 is 1.55 bits per heavy atom. The highest BCUT2D eigenvalue weighted by Gasteiger charge is 2.32. The number of hydrogen-bond donors (Lipinski definition) is 0. The quantitative estimate of drug-likeness (QED) is 0.602. The molecule has 0 bridgehead atoms. The Bertz CT molecular complexity index is 1150. The van der Waals surface area contributed by atoms with Gasteiger partial charge in [0.25, 0.3) is 0 Å². The van der Waals surface area contributed by atoms with Gasteiger partial charge in [0.15, 0.2) is 11.5 Å². The smallest absolute Gasteiger partial charge is 0.246 e. The van der Waals surface area contributed by atoms with Gasteiger partial charge in [-0.1, -0.05) is 18.2 Å². The van der Waals surface area contributed by atoms with Crippen LogP contribution in [0.3, 0.4) is 0 Å². The number of aryl methyl sites for hydroxylation is 2. The number of rotatable bonds is 6. The van der Waals surface area contributed by atoms with Gasteiger partial charge in [-0.25, -0.2) is 8.42 Å². The van der Waals surface area contributed by atoms with Crippen LogP contribution in [0.15, 0.2) is 35.2 Å². The molecule has 1 aliphatic rings. The molecular weight excluding hydrogens is 440 g/mol. The predicted octanol–water partition coefficient (Wildman–Crippen LogP) is 3.48. The monoisotopic (exact) mass is 472 g/mol. The average Bonchev–Trinajstić information content (AvgIpc) is 2.80. The standard InChI is InChI=1S/C25H32N2O5S/c1-17-16-18(2)20(4)25(19(17)3)33(29,30)27-14-12-26(13-15-27)23(28)11-10-21-8-7-9-22(31-5)24(21)32-6/h7-11,16H,12-15H2,1-6H3/b11-10+. The summed E-state index contributed by atoms with van der Waals surface area (Å²) in [5.74, 6) is 0.970. The first kappa shape index (κ1) is 24.8. The van der Waals surface area contributed by atoms with E-state index < -0.39 is 10.0 Å². The van der Waals surface area contributed by atoms with Gasteiger partial charge in [0.2, 0.25) is 15.9 Å². The molecule has 0 radical (unpaired) electrons. The minimum atomic E-state index is -3.64. The lowest BCUT2D eigenvalue weighted by Crippen LogP contribution is -2.50. The lowest BCUT2D eigenvalue weighted by molar-refractivity contribution is -0.127. The maximum absolute atomic E-state index is 13.4. The van der Waals surface area contributed by atoms with Gasteiger partial charge in [0.05, 0.1) is 19.1 Å². The molecule has 1 saturated heterocycles. The number of sulfonamides is 1. The maximum Gasteiger partial charge on any atom is 0.246 e. The zero-order valence-corrected chi connectivity index (χ0v) is 21.0. The van der Waals surface area contributed by atoms with Crippen molar-refractivity contribution in [1.82, 2.24) is 9.21 Å². The molecule has 0 atom stereocenters. The van der Waals surface area contributed by atoms with Gasteiger partial charge in [-0.3, -0.25) is 4.79 Å². The van der Waals surface area contributed by atoms with Crippen LogP contribution in [-0.2, 0) is 14.8 Å². The Hall–Kier alpha value is -2.84. The SMILES string of the molecule is COc1cccc(/C=C/C(=O)N2CCN(S(=O)(=O)c3c(C)c(C)cc(C)c3C)CC2)c1OC. The fraction of sp³-hybridized carbons (Fsp3) is 0.400. The fourth-order valence-electron chi connectivity index (χ4n) is 4.16. The number of piperazine rings is 1. The van der Waals surface area contributed by atoms with Crippen LogP contribution in [-0.4, -0.2) is 63.9 Å². The third-order valence-electron chi connectivity index (χ3n) is 6.28. The van der Waals surface area contributed by atoms with Crippen LogP contribution in [0.1, 0.15) is 27.8 Å². The van der Waals surface area contributed by atoms with Crippen molar-refractivity contribution in [3.63, 3.8) is 0 Å². The highest BCUT2D eigenvalue weighted by Crippen LogP contribution is 2.32. The molecule has 1 aliphatic heterocycles. The van der Waals surface area contributed by atoms with Crippen LogP contribution in [0, 0.1) is 27.7 Å². The van der Waals surface area contributed by atoms with E-state index in [9.17, 15) is 13.2 Å². The summed E-state index contributed by atoms with van der Waals surface area (Å²) in [6, 6.07) is 7.47. The molecule has 0 spiro atoms. The van der Waals surface area contributed by atoms with E-state index in [1.807, 2.05) is 45.9 Å². The van der Waals surface area contributed by atoms with Gasteiger partial charge in [-0.05, 0) is 62.1 Å². The number of ether oxygens (including phenoxy) is 2. The summed E-state index contributed by atoms with van der Waals surface area (Å²) < 4.78 is 39.0. The summed E-state index contributed by atoms with van der Waals surface area (Å²) in [7, 11) is -0.531. The van der Waals surface area contributed by atoms with E-state index in [0.717, 1.165) is 27.8 Å². The molecular formula is C25H32N2O5S. The van der Waals surface area contributed by atoms with Crippen LogP contribution < -0.4 is 9.47 Å². The number of carbonyl (C=O) groups excluding carboxylic acids is 1. The van der Waals surface area contributed by atoms with E-state index in [1.54, 1.807) is 31.3 Å². The van der Waals surface area contributed by atoms with Crippen molar-refractivity contribution < 1.29 is 22.7 Å². The van der Waals surface area contributed by atoms with E-state index in [2.05, 4.69) is 0 Å². The predicted molar refractivity (Wildman–Crippen MR) is 129 cm³/mol. The highest BCUT2D eigenvalue weighted by molar-refractivity contribution is 7.89. The maximum atomic E-state index is 13.4. The van der Waals surface area contributed by atoms with E-state index >= 15 is 0 Å². The third kappa shape index (κ3) is 4.91. The summed E-state index contributed by atoms with van der Waals surface area (Å²) in [6.45, 7) is 8.76. The second-order valence-corrected chi connectivity index (χ2v) is 10.1. The first-order valence-electron chi connectivity index (χ1n) is 10.9. The summed E-state index contributed by atoms with van der Waals surface area (Å²) in [4.78, 5) is 14.8. The number of amides is 1. The number of para-hydroxylation sites is 1. The van der Waals surface area contributed by atoms with Gasteiger partial charge in [0.1, 0.15) is 0 Å². The molecule has 3 rings (SSSR count). The third-order valence-corrected chi connectivity index (χ3v) is 8.46. The van der Waals surface area contributed by atoms with Crippen LogP contribution in [0.2, 0.25) is 0 Å². The van der Waals surface area contributed by atoms with Crippen molar-refractivity contribution in [2.75, 3.05) is 40.4 Å². The molecule has 1 heterocycles. The number of benzene rings is 2. The number of nitrogens with zero attached hydrogens (tertiary/aromatic N) is 2. The summed E-state index contributed by atoms with van der Waals surface area (Å²) in [6.07, 6.45) is 3.18. The van der Waals surface area contributed by atoms with Crippen molar-refractivity contribution in [3.05, 3.63) is 58.2 Å². The molecule has 0 aliphatic carbocycles. The molecule has 33 heavy (non-hydrogen) atoms. The van der Waals surface area contributed by atoms with Crippen LogP contribution in [0.5, 0.6) is 11.5 Å². The highest BCUT2D eigenvalue weighted by atomic mass is 32.2. The van der Waals surface area contributed by atoms with Crippen molar-refractivity contribution in [2.45, 2.75) is 32.6 Å². The van der Waals surface area contributed by atoms with Crippen LogP contribution in [0.4, 0.5) is 0 Å². The molecule has 2 aromatic carbocycles. The molecule has 1 fully saturated rings. The van der Waals surface area contributed by atoms with Crippen molar-refractivity contribution in [3.8, 4) is 11.5 Å². The first-order valence-corrected chi connectivity index (χ1v) is 12.3. The molecule has 2 aromatic rings. The summed E-state index contributed by atoms with van der Waals surface area (Å²) in [5.41, 5.74) is 4.22. The molecule has 7 nitrogen and oxygen atoms in total. The van der Waals surface area contributed by atoms with Gasteiger partial charge in [-0.15, -0.1) is 0 Å². The van der Waals surface area contributed by atoms with E-state index in [1.165, 1.54) is 10.4 Å². The van der Waals surface area contributed by atoms with E-state index in [4.69, 9.17) is 9.47 Å².